The van der Waals surface area contributed by atoms with E-state index in [9.17, 15) is 18.0 Å². The van der Waals surface area contributed by atoms with Crippen molar-refractivity contribution in [2.24, 2.45) is 5.92 Å². The number of aliphatic carboxylic acids is 1. The molecule has 1 aliphatic heterocycles. The van der Waals surface area contributed by atoms with Crippen molar-refractivity contribution in [3.8, 4) is 0 Å². The number of rotatable bonds is 6. The van der Waals surface area contributed by atoms with E-state index in [0.29, 0.717) is 0 Å². The predicted octanol–water partition coefficient (Wildman–Crippen LogP) is -1.85. The molecule has 0 aliphatic carbocycles. The normalized spacial score (nSPS) is 19.5. The third-order valence-corrected chi connectivity index (χ3v) is 4.73. The van der Waals surface area contributed by atoms with E-state index in [-0.39, 0.29) is 25.9 Å². The maximum atomic E-state index is 12.0. The van der Waals surface area contributed by atoms with Crippen LogP contribution in [0.3, 0.4) is 0 Å². The summed E-state index contributed by atoms with van der Waals surface area (Å²) in [6.07, 6.45) is 0.413. The number of nitrogens with one attached hydrogen (secondary N) is 1. The van der Waals surface area contributed by atoms with Gasteiger partial charge in [0.1, 0.15) is 6.04 Å². The number of aliphatic hydroxyl groups excluding tert-OH is 1. The third kappa shape index (κ3) is 4.13. The number of piperidine rings is 1. The van der Waals surface area contributed by atoms with Gasteiger partial charge in [-0.25, -0.2) is 0 Å². The molecule has 0 spiro atoms. The number of hydrogen-bond donors (Lipinski definition) is 3. The molecular weight excluding hydrogens is 292 g/mol. The highest BCUT2D eigenvalue weighted by Gasteiger charge is 2.33. The van der Waals surface area contributed by atoms with E-state index in [1.54, 1.807) is 0 Å². The standard InChI is InChI=1S/C10H18N2O7S/c1-19-10(16)8(6-13)11-20(17,18)12-4-2-7(3-5-12)9(14)15/h7-8,11,13H,2-6H2,1H3,(H,14,15). The summed E-state index contributed by atoms with van der Waals surface area (Å²) in [4.78, 5) is 22.0. The molecule has 1 heterocycles. The zero-order valence-corrected chi connectivity index (χ0v) is 11.8. The van der Waals surface area contributed by atoms with E-state index < -0.39 is 40.7 Å². The number of carboxylic acid groups (broad SMARTS) is 1. The van der Waals surface area contributed by atoms with Crippen LogP contribution < -0.4 is 4.72 Å². The maximum Gasteiger partial charge on any atom is 0.326 e. The molecular formula is C10H18N2O7S. The Morgan fingerprint density at radius 2 is 1.95 bits per heavy atom. The smallest absolute Gasteiger partial charge is 0.326 e. The Bertz CT molecular complexity index is 456. The van der Waals surface area contributed by atoms with Crippen LogP contribution in [-0.2, 0) is 24.5 Å². The fraction of sp³-hybridized carbons (Fsp3) is 0.800. The van der Waals surface area contributed by atoms with E-state index >= 15 is 0 Å². The summed E-state index contributed by atoms with van der Waals surface area (Å²) in [5, 5.41) is 17.8. The first-order valence-corrected chi connectivity index (χ1v) is 7.44. The number of carbonyl (C=O) groups is 2. The highest BCUT2D eigenvalue weighted by atomic mass is 32.2. The first-order valence-electron chi connectivity index (χ1n) is 6.00. The van der Waals surface area contributed by atoms with Crippen LogP contribution in [0, 0.1) is 5.92 Å². The van der Waals surface area contributed by atoms with Crippen LogP contribution in [-0.4, -0.2) is 67.7 Å². The van der Waals surface area contributed by atoms with Crippen LogP contribution in [0.15, 0.2) is 0 Å². The van der Waals surface area contributed by atoms with Gasteiger partial charge >= 0.3 is 11.9 Å². The highest BCUT2D eigenvalue weighted by Crippen LogP contribution is 2.19. The Labute approximate surface area is 116 Å². The van der Waals surface area contributed by atoms with Crippen molar-refractivity contribution in [2.45, 2.75) is 18.9 Å². The number of hydrogen-bond acceptors (Lipinski definition) is 6. The molecule has 1 unspecified atom stereocenters. The first-order chi connectivity index (χ1) is 9.31. The van der Waals surface area contributed by atoms with Crippen LogP contribution in [0.1, 0.15) is 12.8 Å². The third-order valence-electron chi connectivity index (χ3n) is 3.10. The molecule has 116 valence electrons. The quantitative estimate of drug-likeness (QED) is 0.490. The van der Waals surface area contributed by atoms with Gasteiger partial charge < -0.3 is 14.9 Å². The molecule has 1 saturated heterocycles. The van der Waals surface area contributed by atoms with Crippen LogP contribution in [0.25, 0.3) is 0 Å². The lowest BCUT2D eigenvalue weighted by molar-refractivity contribution is -0.144. The largest absolute Gasteiger partial charge is 0.481 e. The molecule has 20 heavy (non-hydrogen) atoms. The van der Waals surface area contributed by atoms with E-state index in [0.717, 1.165) is 11.4 Å². The van der Waals surface area contributed by atoms with Gasteiger partial charge in [-0.3, -0.25) is 9.59 Å². The molecule has 1 aliphatic rings. The average molecular weight is 310 g/mol. The number of carbonyl (C=O) groups excluding carboxylic acids is 1. The molecule has 10 heteroatoms. The first kappa shape index (κ1) is 16.8. The van der Waals surface area contributed by atoms with Gasteiger partial charge in [-0.05, 0) is 12.8 Å². The molecule has 1 rings (SSSR count). The summed E-state index contributed by atoms with van der Waals surface area (Å²) in [7, 11) is -2.89. The molecule has 0 saturated carbocycles. The molecule has 1 atom stereocenters. The second-order valence-electron chi connectivity index (χ2n) is 4.39. The van der Waals surface area contributed by atoms with Crippen molar-refractivity contribution in [1.82, 2.24) is 9.03 Å². The van der Waals surface area contributed by atoms with Crippen LogP contribution in [0.5, 0.6) is 0 Å². The lowest BCUT2D eigenvalue weighted by Gasteiger charge is -2.30. The fourth-order valence-corrected chi connectivity index (χ4v) is 3.27. The zero-order chi connectivity index (χ0) is 15.3. The average Bonchev–Trinajstić information content (AvgIpc) is 2.44. The minimum absolute atomic E-state index is 0.0472. The second-order valence-corrected chi connectivity index (χ2v) is 6.10. The molecule has 0 bridgehead atoms. The van der Waals surface area contributed by atoms with Crippen molar-refractivity contribution in [3.63, 3.8) is 0 Å². The lowest BCUT2D eigenvalue weighted by atomic mass is 9.99. The van der Waals surface area contributed by atoms with E-state index in [4.69, 9.17) is 10.2 Å². The molecule has 0 amide bonds. The van der Waals surface area contributed by atoms with E-state index in [1.807, 2.05) is 4.72 Å². The summed E-state index contributed by atoms with van der Waals surface area (Å²) < 4.78 is 31.5. The molecule has 1 fully saturated rings. The van der Waals surface area contributed by atoms with Crippen molar-refractivity contribution in [2.75, 3.05) is 26.8 Å². The maximum absolute atomic E-state index is 12.0. The Kier molecular flexibility index (Phi) is 5.87. The Morgan fingerprint density at radius 1 is 1.40 bits per heavy atom. The molecule has 0 aromatic heterocycles. The van der Waals surface area contributed by atoms with Crippen LogP contribution in [0.4, 0.5) is 0 Å². The van der Waals surface area contributed by atoms with Crippen molar-refractivity contribution >= 4 is 22.1 Å². The fourth-order valence-electron chi connectivity index (χ4n) is 1.90. The zero-order valence-electron chi connectivity index (χ0n) is 11.0. The van der Waals surface area contributed by atoms with Gasteiger partial charge in [-0.2, -0.15) is 17.4 Å². The number of methoxy groups -OCH3 is 1. The van der Waals surface area contributed by atoms with Gasteiger partial charge in [0.15, 0.2) is 0 Å². The topological polar surface area (TPSA) is 133 Å². The molecule has 0 aromatic carbocycles. The summed E-state index contributed by atoms with van der Waals surface area (Å²) in [5.41, 5.74) is 0. The van der Waals surface area contributed by atoms with Gasteiger partial charge in [0.05, 0.1) is 19.6 Å². The van der Waals surface area contributed by atoms with E-state index in [1.165, 1.54) is 0 Å². The molecule has 9 nitrogen and oxygen atoms in total. The lowest BCUT2D eigenvalue weighted by Crippen LogP contribution is -2.52. The summed E-state index contributed by atoms with van der Waals surface area (Å²) >= 11 is 0. The summed E-state index contributed by atoms with van der Waals surface area (Å²) in [5.74, 6) is -2.40. The predicted molar refractivity (Wildman–Crippen MR) is 66.9 cm³/mol. The number of aliphatic hydroxyl groups is 1. The molecule has 0 radical (unpaired) electrons. The van der Waals surface area contributed by atoms with Gasteiger partial charge in [0.25, 0.3) is 10.2 Å². The minimum Gasteiger partial charge on any atom is -0.481 e. The Morgan fingerprint density at radius 3 is 2.35 bits per heavy atom. The summed E-state index contributed by atoms with van der Waals surface area (Å²) in [6, 6.07) is -1.37. The Balaban J connectivity index is 2.66. The number of esters is 1. The van der Waals surface area contributed by atoms with Crippen molar-refractivity contribution in [1.29, 1.82) is 0 Å². The van der Waals surface area contributed by atoms with Gasteiger partial charge in [-0.15, -0.1) is 0 Å². The molecule has 3 N–H and O–H groups in total. The van der Waals surface area contributed by atoms with Gasteiger partial charge in [-0.1, -0.05) is 0 Å². The van der Waals surface area contributed by atoms with Crippen molar-refractivity contribution in [3.05, 3.63) is 0 Å². The van der Waals surface area contributed by atoms with Crippen LogP contribution >= 0.6 is 0 Å². The number of carboxylic acids is 1. The highest BCUT2D eigenvalue weighted by molar-refractivity contribution is 7.87. The van der Waals surface area contributed by atoms with Gasteiger partial charge in [0, 0.05) is 13.1 Å². The van der Waals surface area contributed by atoms with Gasteiger partial charge in [0.2, 0.25) is 0 Å². The Hall–Kier alpha value is -1.23. The monoisotopic (exact) mass is 310 g/mol. The van der Waals surface area contributed by atoms with Crippen LogP contribution in [0.2, 0.25) is 0 Å². The summed E-state index contributed by atoms with van der Waals surface area (Å²) in [6.45, 7) is -0.630. The van der Waals surface area contributed by atoms with Crippen molar-refractivity contribution < 1.29 is 33.0 Å². The molecule has 0 aromatic rings. The second kappa shape index (κ2) is 6.97. The number of nitrogens with zero attached hydrogens (tertiary/aromatic N) is 1. The number of ether oxygens (including phenoxy) is 1. The SMILES string of the molecule is COC(=O)C(CO)NS(=O)(=O)N1CCC(C(=O)O)CC1. The minimum atomic E-state index is -3.97. The van der Waals surface area contributed by atoms with E-state index in [2.05, 4.69) is 4.74 Å².